The first-order valence-electron chi connectivity index (χ1n) is 7.95. The summed E-state index contributed by atoms with van der Waals surface area (Å²) in [6, 6.07) is 5.84. The third kappa shape index (κ3) is 3.08. The molecule has 3 unspecified atom stereocenters. The lowest BCUT2D eigenvalue weighted by molar-refractivity contribution is 0.204. The molecule has 2 fully saturated rings. The summed E-state index contributed by atoms with van der Waals surface area (Å²) < 4.78 is 5.67. The van der Waals surface area contributed by atoms with Crippen LogP contribution < -0.4 is 5.32 Å². The smallest absolute Gasteiger partial charge is 0.122 e. The number of hydrogen-bond donors (Lipinski definition) is 1. The molecule has 0 bridgehead atoms. The molecular formula is C16H27N3O. The molecule has 0 aliphatic carbocycles. The van der Waals surface area contributed by atoms with Gasteiger partial charge in [0.15, 0.2) is 0 Å². The van der Waals surface area contributed by atoms with E-state index in [-0.39, 0.29) is 0 Å². The Bertz CT molecular complexity index is 390. The van der Waals surface area contributed by atoms with E-state index in [2.05, 4.69) is 35.2 Å². The lowest BCUT2D eigenvalue weighted by Gasteiger charge is -2.27. The maximum atomic E-state index is 5.67. The molecule has 3 rings (SSSR count). The minimum Gasteiger partial charge on any atom is -0.468 e. The molecule has 0 spiro atoms. The molecule has 4 nitrogen and oxygen atoms in total. The molecule has 1 aromatic heterocycles. The molecule has 2 aliphatic heterocycles. The summed E-state index contributed by atoms with van der Waals surface area (Å²) in [5, 5.41) is 3.76. The number of likely N-dealkylation sites (N-methyl/N-ethyl adjacent to an activating group) is 1. The molecule has 0 aromatic carbocycles. The van der Waals surface area contributed by atoms with Crippen molar-refractivity contribution in [2.75, 3.05) is 33.2 Å². The number of nitrogens with zero attached hydrogens (tertiary/aromatic N) is 2. The molecule has 3 atom stereocenters. The number of rotatable bonds is 5. The third-order valence-electron chi connectivity index (χ3n) is 4.94. The normalized spacial score (nSPS) is 30.1. The van der Waals surface area contributed by atoms with Crippen LogP contribution in [-0.2, 0) is 0 Å². The molecule has 112 valence electrons. The molecule has 3 heterocycles. The molecule has 0 radical (unpaired) electrons. The van der Waals surface area contributed by atoms with Crippen molar-refractivity contribution in [3.63, 3.8) is 0 Å². The summed E-state index contributed by atoms with van der Waals surface area (Å²) in [6.45, 7) is 6.87. The van der Waals surface area contributed by atoms with E-state index in [9.17, 15) is 0 Å². The molecule has 0 amide bonds. The fraction of sp³-hybridized carbons (Fsp3) is 0.750. The monoisotopic (exact) mass is 277 g/mol. The average molecular weight is 277 g/mol. The van der Waals surface area contributed by atoms with Gasteiger partial charge in [0.2, 0.25) is 0 Å². The van der Waals surface area contributed by atoms with Crippen LogP contribution in [-0.4, -0.2) is 55.1 Å². The SMILES string of the molecule is CC1CC(NCC(c2ccco2)N2CCCC2)CN1C. The predicted octanol–water partition coefficient (Wildman–Crippen LogP) is 2.10. The standard InChI is InChI=1S/C16H27N3O/c1-13-10-14(12-18(13)2)17-11-15(16-6-5-9-20-16)19-7-3-4-8-19/h5-6,9,13-15,17H,3-4,7-8,10-12H2,1-2H3. The van der Waals surface area contributed by atoms with Gasteiger partial charge in [-0.05, 0) is 58.5 Å². The van der Waals surface area contributed by atoms with Crippen LogP contribution in [0.5, 0.6) is 0 Å². The van der Waals surface area contributed by atoms with Crippen molar-refractivity contribution in [2.24, 2.45) is 0 Å². The Morgan fingerprint density at radius 1 is 1.40 bits per heavy atom. The minimum atomic E-state index is 0.397. The first kappa shape index (κ1) is 14.1. The van der Waals surface area contributed by atoms with Crippen molar-refractivity contribution in [3.05, 3.63) is 24.2 Å². The maximum absolute atomic E-state index is 5.67. The molecule has 0 saturated carbocycles. The zero-order valence-corrected chi connectivity index (χ0v) is 12.7. The van der Waals surface area contributed by atoms with Crippen molar-refractivity contribution < 1.29 is 4.42 Å². The van der Waals surface area contributed by atoms with Crippen molar-refractivity contribution in [3.8, 4) is 0 Å². The van der Waals surface area contributed by atoms with Gasteiger partial charge in [0.1, 0.15) is 5.76 Å². The summed E-state index contributed by atoms with van der Waals surface area (Å²) in [5.74, 6) is 1.11. The van der Waals surface area contributed by atoms with Crippen LogP contribution in [0.2, 0.25) is 0 Å². The van der Waals surface area contributed by atoms with Gasteiger partial charge < -0.3 is 14.6 Å². The van der Waals surface area contributed by atoms with Gasteiger partial charge in [-0.2, -0.15) is 0 Å². The van der Waals surface area contributed by atoms with Gasteiger partial charge in [0.25, 0.3) is 0 Å². The highest BCUT2D eigenvalue weighted by Crippen LogP contribution is 2.25. The summed E-state index contributed by atoms with van der Waals surface area (Å²) in [5.41, 5.74) is 0. The van der Waals surface area contributed by atoms with Crippen LogP contribution in [0, 0.1) is 0 Å². The Hall–Kier alpha value is -0.840. The van der Waals surface area contributed by atoms with E-state index in [4.69, 9.17) is 4.42 Å². The van der Waals surface area contributed by atoms with Gasteiger partial charge >= 0.3 is 0 Å². The summed E-state index contributed by atoms with van der Waals surface area (Å²) in [4.78, 5) is 5.00. The van der Waals surface area contributed by atoms with Crippen LogP contribution in [0.4, 0.5) is 0 Å². The Balaban J connectivity index is 1.59. The number of likely N-dealkylation sites (tertiary alicyclic amines) is 2. The van der Waals surface area contributed by atoms with Crippen molar-refractivity contribution in [1.82, 2.24) is 15.1 Å². The van der Waals surface area contributed by atoms with Crippen LogP contribution in [0.3, 0.4) is 0 Å². The van der Waals surface area contributed by atoms with E-state index in [0.717, 1.165) is 18.8 Å². The number of furan rings is 1. The van der Waals surface area contributed by atoms with E-state index in [1.165, 1.54) is 32.4 Å². The Kier molecular flexibility index (Phi) is 4.44. The number of nitrogens with one attached hydrogen (secondary N) is 1. The number of hydrogen-bond acceptors (Lipinski definition) is 4. The minimum absolute atomic E-state index is 0.397. The third-order valence-corrected chi connectivity index (χ3v) is 4.94. The fourth-order valence-corrected chi connectivity index (χ4v) is 3.56. The first-order chi connectivity index (χ1) is 9.74. The van der Waals surface area contributed by atoms with E-state index < -0.39 is 0 Å². The molecule has 4 heteroatoms. The van der Waals surface area contributed by atoms with Crippen molar-refractivity contribution in [2.45, 2.75) is 44.3 Å². The molecule has 1 N–H and O–H groups in total. The lowest BCUT2D eigenvalue weighted by atomic mass is 10.1. The largest absolute Gasteiger partial charge is 0.468 e. The van der Waals surface area contributed by atoms with Gasteiger partial charge in [0, 0.05) is 25.2 Å². The Morgan fingerprint density at radius 2 is 2.20 bits per heavy atom. The lowest BCUT2D eigenvalue weighted by Crippen LogP contribution is -2.39. The quantitative estimate of drug-likeness (QED) is 0.893. The van der Waals surface area contributed by atoms with Gasteiger partial charge in [-0.1, -0.05) is 0 Å². The van der Waals surface area contributed by atoms with Gasteiger partial charge in [-0.3, -0.25) is 4.90 Å². The van der Waals surface area contributed by atoms with Crippen LogP contribution in [0.25, 0.3) is 0 Å². The second-order valence-corrected chi connectivity index (χ2v) is 6.40. The van der Waals surface area contributed by atoms with E-state index in [0.29, 0.717) is 18.1 Å². The zero-order valence-electron chi connectivity index (χ0n) is 12.7. The molecule has 2 aliphatic rings. The highest BCUT2D eigenvalue weighted by Gasteiger charge is 2.29. The van der Waals surface area contributed by atoms with Crippen molar-refractivity contribution in [1.29, 1.82) is 0 Å². The fourth-order valence-electron chi connectivity index (χ4n) is 3.56. The predicted molar refractivity (Wildman–Crippen MR) is 80.8 cm³/mol. The second-order valence-electron chi connectivity index (χ2n) is 6.40. The van der Waals surface area contributed by atoms with Gasteiger partial charge in [0.05, 0.1) is 12.3 Å². The summed E-state index contributed by atoms with van der Waals surface area (Å²) >= 11 is 0. The van der Waals surface area contributed by atoms with E-state index >= 15 is 0 Å². The summed E-state index contributed by atoms with van der Waals surface area (Å²) in [7, 11) is 2.22. The summed E-state index contributed by atoms with van der Waals surface area (Å²) in [6.07, 6.45) is 5.69. The maximum Gasteiger partial charge on any atom is 0.122 e. The topological polar surface area (TPSA) is 31.7 Å². The molecular weight excluding hydrogens is 250 g/mol. The zero-order chi connectivity index (χ0) is 13.9. The second kappa shape index (κ2) is 6.29. The Morgan fingerprint density at radius 3 is 2.80 bits per heavy atom. The highest BCUT2D eigenvalue weighted by molar-refractivity contribution is 5.06. The average Bonchev–Trinajstić information content (AvgIpc) is 3.15. The first-order valence-corrected chi connectivity index (χ1v) is 7.95. The molecule has 20 heavy (non-hydrogen) atoms. The Labute approximate surface area is 122 Å². The highest BCUT2D eigenvalue weighted by atomic mass is 16.3. The van der Waals surface area contributed by atoms with E-state index in [1.807, 2.05) is 6.07 Å². The van der Waals surface area contributed by atoms with Gasteiger partial charge in [-0.15, -0.1) is 0 Å². The van der Waals surface area contributed by atoms with E-state index in [1.54, 1.807) is 6.26 Å². The van der Waals surface area contributed by atoms with Gasteiger partial charge in [-0.25, -0.2) is 0 Å². The molecule has 2 saturated heterocycles. The molecule has 1 aromatic rings. The van der Waals surface area contributed by atoms with Crippen LogP contribution in [0.1, 0.15) is 38.0 Å². The van der Waals surface area contributed by atoms with Crippen molar-refractivity contribution >= 4 is 0 Å². The van der Waals surface area contributed by atoms with Crippen LogP contribution in [0.15, 0.2) is 22.8 Å². The van der Waals surface area contributed by atoms with Crippen LogP contribution >= 0.6 is 0 Å².